The minimum absolute atomic E-state index is 0.0735. The summed E-state index contributed by atoms with van der Waals surface area (Å²) in [6.07, 6.45) is 5.15. The minimum Gasteiger partial charge on any atom is -0.493 e. The Morgan fingerprint density at radius 3 is 2.41 bits per heavy atom. The number of rotatable bonds is 5. The van der Waals surface area contributed by atoms with Crippen LogP contribution in [-0.4, -0.2) is 42.2 Å². The predicted octanol–water partition coefficient (Wildman–Crippen LogP) is 2.61. The molecule has 2 atom stereocenters. The number of hydrogen-bond acceptors (Lipinski definition) is 7. The van der Waals surface area contributed by atoms with Crippen molar-refractivity contribution in [1.82, 2.24) is 9.97 Å². The quantitative estimate of drug-likeness (QED) is 0.754. The Bertz CT molecular complexity index is 1060. The normalized spacial score (nSPS) is 23.3. The summed E-state index contributed by atoms with van der Waals surface area (Å²) in [5.41, 5.74) is 5.81. The molecule has 2 aromatic rings. The van der Waals surface area contributed by atoms with Crippen molar-refractivity contribution < 1.29 is 27.8 Å². The van der Waals surface area contributed by atoms with E-state index in [4.69, 9.17) is 19.9 Å². The number of methoxy groups -OCH3 is 2. The van der Waals surface area contributed by atoms with Gasteiger partial charge < -0.3 is 24.8 Å². The fraction of sp³-hybridized carbons (Fsp3) is 0.500. The molecule has 1 spiro atoms. The van der Waals surface area contributed by atoms with Gasteiger partial charge in [0.1, 0.15) is 11.8 Å². The maximum Gasteiger partial charge on any atom is 0.316 e. The van der Waals surface area contributed by atoms with Crippen molar-refractivity contribution in [3.63, 3.8) is 0 Å². The lowest BCUT2D eigenvalue weighted by Gasteiger charge is -2.34. The first-order valence-electron chi connectivity index (χ1n) is 10.6. The van der Waals surface area contributed by atoms with E-state index in [-0.39, 0.29) is 36.2 Å². The van der Waals surface area contributed by atoms with Gasteiger partial charge in [0.2, 0.25) is 5.91 Å². The molecule has 0 saturated heterocycles. The number of carbonyl (C=O) groups is 1. The van der Waals surface area contributed by atoms with Crippen LogP contribution in [-0.2, 0) is 16.8 Å². The van der Waals surface area contributed by atoms with Gasteiger partial charge in [-0.3, -0.25) is 4.79 Å². The zero-order chi connectivity index (χ0) is 22.6. The van der Waals surface area contributed by atoms with Crippen molar-refractivity contribution in [2.75, 3.05) is 19.1 Å². The van der Waals surface area contributed by atoms with Crippen LogP contribution in [0.3, 0.4) is 0 Å². The van der Waals surface area contributed by atoms with Gasteiger partial charge in [-0.25, -0.2) is 13.8 Å². The molecular weight excluding hydrogens is 422 g/mol. The van der Waals surface area contributed by atoms with E-state index < -0.39 is 28.6 Å². The Kier molecular flexibility index (Phi) is 4.92. The molecule has 2 saturated carbocycles. The zero-order valence-corrected chi connectivity index (χ0v) is 17.9. The highest BCUT2D eigenvalue weighted by Crippen LogP contribution is 2.54. The van der Waals surface area contributed by atoms with Crippen LogP contribution in [0, 0.1) is 11.6 Å². The van der Waals surface area contributed by atoms with Crippen LogP contribution in [0.4, 0.5) is 14.5 Å². The van der Waals surface area contributed by atoms with Crippen molar-refractivity contribution in [3.05, 3.63) is 35.2 Å². The number of nitrogens with zero attached hydrogens (tertiary/aromatic N) is 3. The third-order valence-corrected chi connectivity index (χ3v) is 6.61. The molecular formula is C22H24F2N4O4. The van der Waals surface area contributed by atoms with Gasteiger partial charge in [0.05, 0.1) is 31.9 Å². The molecule has 1 amide bonds. The molecule has 32 heavy (non-hydrogen) atoms. The Balaban J connectivity index is 1.54. The maximum absolute atomic E-state index is 15.1. The molecule has 1 aromatic heterocycles. The van der Waals surface area contributed by atoms with Crippen molar-refractivity contribution in [2.24, 2.45) is 5.73 Å². The molecule has 2 fully saturated rings. The number of ether oxygens (including phenoxy) is 3. The summed E-state index contributed by atoms with van der Waals surface area (Å²) in [6, 6.07) is 1.22. The maximum atomic E-state index is 15.1. The standard InChI is InChI=1S/C22H24F2N4O4/c1-30-14-8-15(31-2)17(24)18(16(14)23)28-10-11-9-26-21(32-13-5-3-4-12(13)25)27-19(11)22(6-7-22)20(28)29/h8-9,12-13H,3-7,10,25H2,1-2H3. The molecule has 10 heteroatoms. The molecule has 1 aromatic carbocycles. The fourth-order valence-electron chi connectivity index (χ4n) is 4.68. The number of hydrogen-bond donors (Lipinski definition) is 1. The van der Waals surface area contributed by atoms with E-state index in [1.807, 2.05) is 0 Å². The molecule has 8 nitrogen and oxygen atoms in total. The van der Waals surface area contributed by atoms with E-state index in [2.05, 4.69) is 9.97 Å². The zero-order valence-electron chi connectivity index (χ0n) is 17.9. The van der Waals surface area contributed by atoms with Gasteiger partial charge in [-0.15, -0.1) is 0 Å². The molecule has 5 rings (SSSR count). The summed E-state index contributed by atoms with van der Waals surface area (Å²) < 4.78 is 46.2. The van der Waals surface area contributed by atoms with Gasteiger partial charge in [-0.2, -0.15) is 4.98 Å². The van der Waals surface area contributed by atoms with Crippen LogP contribution < -0.4 is 24.8 Å². The summed E-state index contributed by atoms with van der Waals surface area (Å²) in [7, 11) is 2.53. The van der Waals surface area contributed by atoms with Crippen molar-refractivity contribution in [2.45, 2.75) is 56.2 Å². The lowest BCUT2D eigenvalue weighted by Crippen LogP contribution is -2.45. The second kappa shape index (κ2) is 7.54. The molecule has 2 heterocycles. The van der Waals surface area contributed by atoms with Crippen molar-refractivity contribution in [1.29, 1.82) is 0 Å². The highest BCUT2D eigenvalue weighted by Gasteiger charge is 2.59. The van der Waals surface area contributed by atoms with E-state index in [0.717, 1.165) is 30.2 Å². The molecule has 0 radical (unpaired) electrons. The molecule has 2 unspecified atom stereocenters. The Labute approximate surface area is 183 Å². The number of nitrogens with two attached hydrogens (primary N) is 1. The summed E-state index contributed by atoms with van der Waals surface area (Å²) >= 11 is 0. The Hall–Kier alpha value is -3.01. The monoisotopic (exact) mass is 446 g/mol. The molecule has 3 aliphatic rings. The summed E-state index contributed by atoms with van der Waals surface area (Å²) in [4.78, 5) is 23.4. The van der Waals surface area contributed by atoms with E-state index in [1.54, 1.807) is 6.20 Å². The summed E-state index contributed by atoms with van der Waals surface area (Å²) in [5, 5.41) is 0. The number of aromatic nitrogens is 2. The van der Waals surface area contributed by atoms with Crippen LogP contribution in [0.5, 0.6) is 17.5 Å². The smallest absolute Gasteiger partial charge is 0.316 e. The summed E-state index contributed by atoms with van der Waals surface area (Å²) in [5.74, 6) is -2.77. The van der Waals surface area contributed by atoms with Crippen molar-refractivity contribution >= 4 is 11.6 Å². The molecule has 0 bridgehead atoms. The van der Waals surface area contributed by atoms with Gasteiger partial charge in [0, 0.05) is 23.9 Å². The summed E-state index contributed by atoms with van der Waals surface area (Å²) in [6.45, 7) is -0.0801. The molecule has 2 N–H and O–H groups in total. The van der Waals surface area contributed by atoms with Gasteiger partial charge in [-0.05, 0) is 32.1 Å². The first-order valence-corrected chi connectivity index (χ1v) is 10.6. The number of benzene rings is 1. The lowest BCUT2D eigenvalue weighted by atomic mass is 9.91. The van der Waals surface area contributed by atoms with Crippen LogP contribution >= 0.6 is 0 Å². The third kappa shape index (κ3) is 3.08. The number of fused-ring (bicyclic) bond motifs is 2. The Morgan fingerprint density at radius 2 is 1.84 bits per heavy atom. The SMILES string of the molecule is COc1cc(OC)c(F)c(N2Cc3cnc(OC4CCCC4N)nc3C3(CC3)C2=O)c1F. The minimum atomic E-state index is -0.963. The van der Waals surface area contributed by atoms with Crippen LogP contribution in [0.25, 0.3) is 0 Å². The van der Waals surface area contributed by atoms with Crippen molar-refractivity contribution in [3.8, 4) is 17.5 Å². The first-order chi connectivity index (χ1) is 15.4. The second-order valence-electron chi connectivity index (χ2n) is 8.51. The first kappa shape index (κ1) is 20.9. The van der Waals surface area contributed by atoms with Crippen LogP contribution in [0.2, 0.25) is 0 Å². The van der Waals surface area contributed by atoms with Gasteiger partial charge in [0.15, 0.2) is 23.1 Å². The van der Waals surface area contributed by atoms with Crippen LogP contribution in [0.15, 0.2) is 12.3 Å². The van der Waals surface area contributed by atoms with Crippen LogP contribution in [0.1, 0.15) is 43.4 Å². The average Bonchev–Trinajstić information content (AvgIpc) is 3.49. The topological polar surface area (TPSA) is 99.8 Å². The molecule has 170 valence electrons. The number of amides is 1. The Morgan fingerprint density at radius 1 is 1.16 bits per heavy atom. The van der Waals surface area contributed by atoms with Gasteiger partial charge in [-0.1, -0.05) is 0 Å². The van der Waals surface area contributed by atoms with Gasteiger partial charge in [0.25, 0.3) is 0 Å². The lowest BCUT2D eigenvalue weighted by molar-refractivity contribution is -0.121. The average molecular weight is 446 g/mol. The molecule has 1 aliphatic heterocycles. The molecule has 2 aliphatic carbocycles. The van der Waals surface area contributed by atoms with E-state index >= 15 is 8.78 Å². The highest BCUT2D eigenvalue weighted by atomic mass is 19.1. The number of anilines is 1. The largest absolute Gasteiger partial charge is 0.493 e. The number of carbonyl (C=O) groups excluding carboxylic acids is 1. The highest BCUT2D eigenvalue weighted by molar-refractivity contribution is 6.05. The van der Waals surface area contributed by atoms with E-state index in [1.165, 1.54) is 14.2 Å². The third-order valence-electron chi connectivity index (χ3n) is 6.61. The van der Waals surface area contributed by atoms with Gasteiger partial charge >= 0.3 is 6.01 Å². The predicted molar refractivity (Wildman–Crippen MR) is 110 cm³/mol. The van der Waals surface area contributed by atoms with E-state index in [9.17, 15) is 4.79 Å². The second-order valence-corrected chi connectivity index (χ2v) is 8.51. The van der Waals surface area contributed by atoms with E-state index in [0.29, 0.717) is 24.1 Å². The fourth-order valence-corrected chi connectivity index (χ4v) is 4.68. The number of halogens is 2.